The smallest absolute Gasteiger partial charge is 0.260 e. The highest BCUT2D eigenvalue weighted by Gasteiger charge is 2.16. The van der Waals surface area contributed by atoms with Crippen LogP contribution < -0.4 is 10.1 Å². The Morgan fingerprint density at radius 1 is 1.27 bits per heavy atom. The molecule has 0 atom stereocenters. The summed E-state index contributed by atoms with van der Waals surface area (Å²) in [6, 6.07) is 7.90. The summed E-state index contributed by atoms with van der Waals surface area (Å²) < 4.78 is 34.0. The first-order valence-corrected chi connectivity index (χ1v) is 12.9. The molecule has 9 nitrogen and oxygen atoms in total. The summed E-state index contributed by atoms with van der Waals surface area (Å²) >= 11 is 1.25. The van der Waals surface area contributed by atoms with Crippen molar-refractivity contribution in [1.82, 2.24) is 9.88 Å². The molecule has 176 valence electrons. The number of benzene rings is 1. The largest absolute Gasteiger partial charge is 0.493 e. The first kappa shape index (κ1) is 24.5. The van der Waals surface area contributed by atoms with Crippen LogP contribution in [0.1, 0.15) is 28.2 Å². The number of furan rings is 1. The lowest BCUT2D eigenvalue weighted by molar-refractivity contribution is -0.129. The number of hydrogen-bond acceptors (Lipinski definition) is 8. The van der Waals surface area contributed by atoms with E-state index in [4.69, 9.17) is 9.15 Å². The average Bonchev–Trinajstić information content (AvgIpc) is 3.39. The normalized spacial score (nSPS) is 11.2. The summed E-state index contributed by atoms with van der Waals surface area (Å²) in [5.41, 5.74) is 1.01. The molecule has 2 heterocycles. The molecule has 3 rings (SSSR count). The zero-order valence-corrected chi connectivity index (χ0v) is 20.2. The molecule has 0 unspecified atom stereocenters. The van der Waals surface area contributed by atoms with Crippen molar-refractivity contribution in [3.05, 3.63) is 59.0 Å². The fraction of sp³-hybridized carbons (Fsp3) is 0.318. The summed E-state index contributed by atoms with van der Waals surface area (Å²) in [6.45, 7) is 2.51. The summed E-state index contributed by atoms with van der Waals surface area (Å²) in [6.07, 6.45) is 3.29. The monoisotopic (exact) mass is 491 g/mol. The zero-order valence-electron chi connectivity index (χ0n) is 18.5. The maximum absolute atomic E-state index is 12.5. The van der Waals surface area contributed by atoms with Gasteiger partial charge in [0.05, 0.1) is 35.4 Å². The van der Waals surface area contributed by atoms with E-state index in [0.29, 0.717) is 47.5 Å². The Morgan fingerprint density at radius 2 is 2.06 bits per heavy atom. The number of sulfone groups is 1. The number of carbonyl (C=O) groups is 2. The van der Waals surface area contributed by atoms with Crippen LogP contribution in [0.25, 0.3) is 0 Å². The van der Waals surface area contributed by atoms with Gasteiger partial charge in [0.25, 0.3) is 5.91 Å². The van der Waals surface area contributed by atoms with Crippen molar-refractivity contribution < 1.29 is 27.2 Å². The van der Waals surface area contributed by atoms with Crippen molar-refractivity contribution in [2.75, 3.05) is 31.8 Å². The zero-order chi connectivity index (χ0) is 24.0. The van der Waals surface area contributed by atoms with E-state index in [-0.39, 0.29) is 23.1 Å². The van der Waals surface area contributed by atoms with Gasteiger partial charge in [-0.1, -0.05) is 6.07 Å². The van der Waals surface area contributed by atoms with E-state index in [2.05, 4.69) is 10.3 Å². The van der Waals surface area contributed by atoms with Gasteiger partial charge >= 0.3 is 0 Å². The van der Waals surface area contributed by atoms with Crippen molar-refractivity contribution >= 4 is 38.1 Å². The van der Waals surface area contributed by atoms with Crippen LogP contribution in [-0.2, 0) is 21.1 Å². The van der Waals surface area contributed by atoms with Crippen LogP contribution in [0, 0.1) is 6.92 Å². The molecule has 11 heteroatoms. The van der Waals surface area contributed by atoms with E-state index in [9.17, 15) is 18.0 Å². The van der Waals surface area contributed by atoms with Gasteiger partial charge in [-0.15, -0.1) is 11.3 Å². The van der Waals surface area contributed by atoms with Crippen LogP contribution in [0.5, 0.6) is 5.75 Å². The van der Waals surface area contributed by atoms with E-state index < -0.39 is 9.84 Å². The molecule has 2 amide bonds. The topological polar surface area (TPSA) is 119 Å². The highest BCUT2D eigenvalue weighted by molar-refractivity contribution is 7.90. The third-order valence-corrected chi connectivity index (χ3v) is 6.69. The van der Waals surface area contributed by atoms with E-state index in [1.807, 2.05) is 0 Å². The molecule has 0 aliphatic heterocycles. The van der Waals surface area contributed by atoms with Gasteiger partial charge in [0.15, 0.2) is 15.0 Å². The number of amides is 2. The van der Waals surface area contributed by atoms with Gasteiger partial charge in [0.2, 0.25) is 5.91 Å². The van der Waals surface area contributed by atoms with Crippen LogP contribution in [-0.4, -0.2) is 56.6 Å². The van der Waals surface area contributed by atoms with Gasteiger partial charge in [0, 0.05) is 25.2 Å². The Bertz CT molecular complexity index is 1230. The lowest BCUT2D eigenvalue weighted by atomic mass is 10.2. The van der Waals surface area contributed by atoms with Crippen LogP contribution in [0.4, 0.5) is 5.13 Å². The standard InChI is InChI=1S/C22H25N3O6S2/c1-15-19(8-11-30-15)21(27)24-22-23-16(14-32-22)12-20(26)25(2)9-5-10-31-17-6-4-7-18(13-17)33(3,28)29/h4,6-8,11,13-14H,5,9-10,12H2,1-3H3,(H,23,24,27). The van der Waals surface area contributed by atoms with E-state index in [1.54, 1.807) is 42.5 Å². The second kappa shape index (κ2) is 10.6. The summed E-state index contributed by atoms with van der Waals surface area (Å²) in [7, 11) is -1.60. The predicted octanol–water partition coefficient (Wildman–Crippen LogP) is 3.17. The van der Waals surface area contributed by atoms with E-state index >= 15 is 0 Å². The molecule has 0 saturated carbocycles. The molecule has 1 N–H and O–H groups in total. The summed E-state index contributed by atoms with van der Waals surface area (Å²) in [5, 5.41) is 4.86. The highest BCUT2D eigenvalue weighted by Crippen LogP contribution is 2.19. The Hall–Kier alpha value is -3.18. The van der Waals surface area contributed by atoms with Gasteiger partial charge in [-0.05, 0) is 37.6 Å². The molecule has 3 aromatic rings. The van der Waals surface area contributed by atoms with Gasteiger partial charge in [0.1, 0.15) is 11.5 Å². The molecule has 33 heavy (non-hydrogen) atoms. The first-order valence-electron chi connectivity index (χ1n) is 10.1. The minimum absolute atomic E-state index is 0.108. The number of ether oxygens (including phenoxy) is 1. The minimum Gasteiger partial charge on any atom is -0.493 e. The third-order valence-electron chi connectivity index (χ3n) is 4.77. The molecule has 0 saturated heterocycles. The number of aryl methyl sites for hydroxylation is 1. The molecular formula is C22H25N3O6S2. The molecule has 0 aliphatic rings. The highest BCUT2D eigenvalue weighted by atomic mass is 32.2. The van der Waals surface area contributed by atoms with E-state index in [1.165, 1.54) is 29.7 Å². The molecule has 2 aromatic heterocycles. The Kier molecular flexibility index (Phi) is 7.88. The van der Waals surface area contributed by atoms with Crippen molar-refractivity contribution in [3.8, 4) is 5.75 Å². The quantitative estimate of drug-likeness (QED) is 0.433. The van der Waals surface area contributed by atoms with Crippen LogP contribution in [0.3, 0.4) is 0 Å². The third kappa shape index (κ3) is 6.90. The molecule has 0 fully saturated rings. The molecule has 0 spiro atoms. The average molecular weight is 492 g/mol. The van der Waals surface area contributed by atoms with Crippen molar-refractivity contribution in [2.24, 2.45) is 0 Å². The first-order chi connectivity index (χ1) is 15.6. The predicted molar refractivity (Wildman–Crippen MR) is 125 cm³/mol. The van der Waals surface area contributed by atoms with Crippen molar-refractivity contribution in [3.63, 3.8) is 0 Å². The lowest BCUT2D eigenvalue weighted by Crippen LogP contribution is -2.30. The lowest BCUT2D eigenvalue weighted by Gasteiger charge is -2.17. The number of nitrogens with zero attached hydrogens (tertiary/aromatic N) is 2. The minimum atomic E-state index is -3.29. The molecule has 0 radical (unpaired) electrons. The summed E-state index contributed by atoms with van der Waals surface area (Å²) in [5.74, 6) is 0.568. The number of likely N-dealkylation sites (N-methyl/N-ethyl adjacent to an activating group) is 1. The maximum Gasteiger partial charge on any atom is 0.260 e. The van der Waals surface area contributed by atoms with Gasteiger partial charge < -0.3 is 14.1 Å². The fourth-order valence-electron chi connectivity index (χ4n) is 2.93. The van der Waals surface area contributed by atoms with Crippen LogP contribution >= 0.6 is 11.3 Å². The van der Waals surface area contributed by atoms with Gasteiger partial charge in [-0.2, -0.15) is 0 Å². The number of hydrogen-bond donors (Lipinski definition) is 1. The van der Waals surface area contributed by atoms with Crippen LogP contribution in [0.15, 0.2) is 51.3 Å². The number of rotatable bonds is 10. The Balaban J connectivity index is 1.43. The van der Waals surface area contributed by atoms with Crippen molar-refractivity contribution in [2.45, 2.75) is 24.7 Å². The molecule has 1 aromatic carbocycles. The number of anilines is 1. The maximum atomic E-state index is 12.5. The van der Waals surface area contributed by atoms with Crippen LogP contribution in [0.2, 0.25) is 0 Å². The van der Waals surface area contributed by atoms with Gasteiger partial charge in [-0.3, -0.25) is 14.9 Å². The Labute approximate surface area is 196 Å². The number of thiazole rings is 1. The van der Waals surface area contributed by atoms with E-state index in [0.717, 1.165) is 6.26 Å². The second-order valence-corrected chi connectivity index (χ2v) is 10.3. The molecule has 0 bridgehead atoms. The van der Waals surface area contributed by atoms with Gasteiger partial charge in [-0.25, -0.2) is 13.4 Å². The number of carbonyl (C=O) groups excluding carboxylic acids is 2. The Morgan fingerprint density at radius 3 is 2.76 bits per heavy atom. The fourth-order valence-corrected chi connectivity index (χ4v) is 4.29. The molecule has 0 aliphatic carbocycles. The molecular weight excluding hydrogens is 466 g/mol. The van der Waals surface area contributed by atoms with Crippen molar-refractivity contribution in [1.29, 1.82) is 0 Å². The number of nitrogens with one attached hydrogen (secondary N) is 1. The second-order valence-electron chi connectivity index (χ2n) is 7.43. The SMILES string of the molecule is Cc1occc1C(=O)Nc1nc(CC(=O)N(C)CCCOc2cccc(S(C)(=O)=O)c2)cs1. The number of aromatic nitrogens is 1. The summed E-state index contributed by atoms with van der Waals surface area (Å²) in [4.78, 5) is 30.8.